The lowest BCUT2D eigenvalue weighted by Gasteiger charge is -2.24. The predicted molar refractivity (Wildman–Crippen MR) is 82.4 cm³/mol. The second-order valence-corrected chi connectivity index (χ2v) is 7.09. The Kier molecular flexibility index (Phi) is 4.97. The number of likely N-dealkylation sites (tertiary alicyclic amines) is 1. The Morgan fingerprint density at radius 3 is 2.77 bits per heavy atom. The molecule has 0 unspecified atom stereocenters. The van der Waals surface area contributed by atoms with E-state index in [-0.39, 0.29) is 18.3 Å². The molecule has 1 aromatic carbocycles. The molecule has 1 amide bonds. The third-order valence-corrected chi connectivity index (χ3v) is 3.78. The number of aliphatic hydroxyl groups is 1. The first-order valence-electron chi connectivity index (χ1n) is 7.25. The molecule has 4 nitrogen and oxygen atoms in total. The molecule has 0 radical (unpaired) electrons. The SMILES string of the molecule is CC(C)(C)OC(=O)N1C[C@H](Cc2cc(Cl)ccc2F)[C@H](O)C1. The van der Waals surface area contributed by atoms with Gasteiger partial charge in [-0.05, 0) is 51.0 Å². The minimum absolute atomic E-state index is 0.196. The summed E-state index contributed by atoms with van der Waals surface area (Å²) in [5.74, 6) is -0.590. The van der Waals surface area contributed by atoms with E-state index in [4.69, 9.17) is 16.3 Å². The predicted octanol–water partition coefficient (Wildman–Crippen LogP) is 3.25. The summed E-state index contributed by atoms with van der Waals surface area (Å²) >= 11 is 5.88. The van der Waals surface area contributed by atoms with E-state index in [0.29, 0.717) is 23.6 Å². The summed E-state index contributed by atoms with van der Waals surface area (Å²) in [5, 5.41) is 10.6. The van der Waals surface area contributed by atoms with Crippen LogP contribution < -0.4 is 0 Å². The maximum Gasteiger partial charge on any atom is 0.410 e. The molecule has 0 aliphatic carbocycles. The molecule has 0 spiro atoms. The molecule has 1 heterocycles. The Bertz CT molecular complexity index is 559. The van der Waals surface area contributed by atoms with E-state index >= 15 is 0 Å². The lowest BCUT2D eigenvalue weighted by molar-refractivity contribution is 0.0269. The Hall–Kier alpha value is -1.33. The second-order valence-electron chi connectivity index (χ2n) is 6.65. The third-order valence-electron chi connectivity index (χ3n) is 3.55. The fourth-order valence-electron chi connectivity index (χ4n) is 2.51. The number of carbonyl (C=O) groups is 1. The number of hydrogen-bond acceptors (Lipinski definition) is 3. The van der Waals surface area contributed by atoms with Gasteiger partial charge in [0, 0.05) is 17.5 Å². The van der Waals surface area contributed by atoms with Crippen molar-refractivity contribution in [3.8, 4) is 0 Å². The molecule has 6 heteroatoms. The zero-order chi connectivity index (χ0) is 16.5. The lowest BCUT2D eigenvalue weighted by atomic mass is 9.96. The Balaban J connectivity index is 2.02. The van der Waals surface area contributed by atoms with Crippen LogP contribution in [-0.4, -0.2) is 40.9 Å². The standard InChI is InChI=1S/C16H21ClFNO3/c1-16(2,3)22-15(21)19-8-11(14(20)9-19)6-10-7-12(17)4-5-13(10)18/h4-5,7,11,14,20H,6,8-9H2,1-3H3/t11-,14+/m0/s1. The fraction of sp³-hybridized carbons (Fsp3) is 0.562. The van der Waals surface area contributed by atoms with Crippen molar-refractivity contribution in [2.75, 3.05) is 13.1 Å². The molecule has 122 valence electrons. The van der Waals surface area contributed by atoms with Crippen LogP contribution in [0.4, 0.5) is 9.18 Å². The maximum atomic E-state index is 13.8. The molecule has 1 aliphatic heterocycles. The van der Waals surface area contributed by atoms with E-state index in [1.54, 1.807) is 26.8 Å². The first kappa shape index (κ1) is 17.0. The van der Waals surface area contributed by atoms with Crippen LogP contribution in [0.1, 0.15) is 26.3 Å². The number of nitrogens with zero attached hydrogens (tertiary/aromatic N) is 1. The van der Waals surface area contributed by atoms with E-state index in [2.05, 4.69) is 0 Å². The number of rotatable bonds is 2. The minimum atomic E-state index is -0.703. The van der Waals surface area contributed by atoms with Crippen molar-refractivity contribution < 1.29 is 19.0 Å². The van der Waals surface area contributed by atoms with Gasteiger partial charge in [-0.1, -0.05) is 11.6 Å². The van der Waals surface area contributed by atoms with E-state index in [1.165, 1.54) is 17.0 Å². The molecule has 0 bridgehead atoms. The van der Waals surface area contributed by atoms with E-state index in [1.807, 2.05) is 0 Å². The summed E-state index contributed by atoms with van der Waals surface area (Å²) in [6.07, 6.45) is -0.834. The number of amides is 1. The molecule has 0 saturated carbocycles. The first-order valence-corrected chi connectivity index (χ1v) is 7.63. The van der Waals surface area contributed by atoms with Crippen molar-refractivity contribution in [2.24, 2.45) is 5.92 Å². The van der Waals surface area contributed by atoms with Crippen molar-refractivity contribution in [3.63, 3.8) is 0 Å². The van der Waals surface area contributed by atoms with Crippen molar-refractivity contribution >= 4 is 17.7 Å². The Labute approximate surface area is 134 Å². The summed E-state index contributed by atoms with van der Waals surface area (Å²) in [6.45, 7) is 5.90. The van der Waals surface area contributed by atoms with Gasteiger partial charge in [-0.15, -0.1) is 0 Å². The van der Waals surface area contributed by atoms with Gasteiger partial charge in [0.15, 0.2) is 0 Å². The van der Waals surface area contributed by atoms with Crippen LogP contribution in [0.25, 0.3) is 0 Å². The summed E-state index contributed by atoms with van der Waals surface area (Å²) in [6, 6.07) is 4.35. The van der Waals surface area contributed by atoms with Crippen LogP contribution in [0.5, 0.6) is 0 Å². The molecule has 1 aromatic rings. The van der Waals surface area contributed by atoms with Gasteiger partial charge in [0.05, 0.1) is 12.6 Å². The zero-order valence-electron chi connectivity index (χ0n) is 13.0. The van der Waals surface area contributed by atoms with Gasteiger partial charge < -0.3 is 14.7 Å². The van der Waals surface area contributed by atoms with E-state index in [0.717, 1.165) is 0 Å². The topological polar surface area (TPSA) is 49.8 Å². The van der Waals surface area contributed by atoms with Gasteiger partial charge in [0.1, 0.15) is 11.4 Å². The highest BCUT2D eigenvalue weighted by atomic mass is 35.5. The minimum Gasteiger partial charge on any atom is -0.444 e. The van der Waals surface area contributed by atoms with Gasteiger partial charge >= 0.3 is 6.09 Å². The quantitative estimate of drug-likeness (QED) is 0.906. The highest BCUT2D eigenvalue weighted by Gasteiger charge is 2.36. The molecule has 1 aliphatic rings. The number of ether oxygens (including phenoxy) is 1. The van der Waals surface area contributed by atoms with E-state index in [9.17, 15) is 14.3 Å². The number of hydrogen-bond donors (Lipinski definition) is 1. The summed E-state index contributed by atoms with van der Waals surface area (Å²) in [7, 11) is 0. The number of β-amino-alcohol motifs (C(OH)–C–C–N with tert-alkyl or cyclic N) is 1. The average molecular weight is 330 g/mol. The smallest absolute Gasteiger partial charge is 0.410 e. The number of carbonyl (C=O) groups excluding carboxylic acids is 1. The summed E-state index contributed by atoms with van der Waals surface area (Å²) in [5.41, 5.74) is -0.137. The van der Waals surface area contributed by atoms with Crippen LogP contribution in [0.3, 0.4) is 0 Å². The Morgan fingerprint density at radius 2 is 2.14 bits per heavy atom. The molecule has 2 atom stereocenters. The highest BCUT2D eigenvalue weighted by Crippen LogP contribution is 2.25. The zero-order valence-corrected chi connectivity index (χ0v) is 13.7. The molecule has 0 aromatic heterocycles. The number of halogens is 2. The van der Waals surface area contributed by atoms with Crippen LogP contribution >= 0.6 is 11.6 Å². The third kappa shape index (κ3) is 4.34. The molecule has 22 heavy (non-hydrogen) atoms. The lowest BCUT2D eigenvalue weighted by Crippen LogP contribution is -2.35. The van der Waals surface area contributed by atoms with Crippen molar-refractivity contribution in [2.45, 2.75) is 38.9 Å². The molecule has 1 N–H and O–H groups in total. The van der Waals surface area contributed by atoms with Crippen molar-refractivity contribution in [3.05, 3.63) is 34.6 Å². The van der Waals surface area contributed by atoms with Crippen LogP contribution in [0.2, 0.25) is 5.02 Å². The maximum absolute atomic E-state index is 13.8. The highest BCUT2D eigenvalue weighted by molar-refractivity contribution is 6.30. The second kappa shape index (κ2) is 6.42. The van der Waals surface area contributed by atoms with Crippen LogP contribution in [0, 0.1) is 11.7 Å². The molecule has 2 rings (SSSR count). The van der Waals surface area contributed by atoms with Gasteiger partial charge in [0.25, 0.3) is 0 Å². The van der Waals surface area contributed by atoms with Crippen molar-refractivity contribution in [1.82, 2.24) is 4.90 Å². The fourth-order valence-corrected chi connectivity index (χ4v) is 2.71. The normalized spacial score (nSPS) is 22.0. The largest absolute Gasteiger partial charge is 0.444 e. The Morgan fingerprint density at radius 1 is 1.45 bits per heavy atom. The van der Waals surface area contributed by atoms with Gasteiger partial charge in [0.2, 0.25) is 0 Å². The average Bonchev–Trinajstić information content (AvgIpc) is 2.74. The van der Waals surface area contributed by atoms with Gasteiger partial charge in [-0.3, -0.25) is 0 Å². The monoisotopic (exact) mass is 329 g/mol. The molecular weight excluding hydrogens is 309 g/mol. The number of benzene rings is 1. The molecule has 1 saturated heterocycles. The first-order chi connectivity index (χ1) is 10.2. The van der Waals surface area contributed by atoms with Gasteiger partial charge in [-0.2, -0.15) is 0 Å². The summed E-state index contributed by atoms with van der Waals surface area (Å²) in [4.78, 5) is 13.5. The van der Waals surface area contributed by atoms with Gasteiger partial charge in [-0.25, -0.2) is 9.18 Å². The van der Waals surface area contributed by atoms with E-state index < -0.39 is 17.8 Å². The van der Waals surface area contributed by atoms with Crippen LogP contribution in [-0.2, 0) is 11.2 Å². The summed E-state index contributed by atoms with van der Waals surface area (Å²) < 4.78 is 19.1. The van der Waals surface area contributed by atoms with Crippen molar-refractivity contribution in [1.29, 1.82) is 0 Å². The number of aliphatic hydroxyl groups excluding tert-OH is 1. The van der Waals surface area contributed by atoms with Crippen LogP contribution in [0.15, 0.2) is 18.2 Å². The molecular formula is C16H21ClFNO3. The molecule has 1 fully saturated rings.